The van der Waals surface area contributed by atoms with Gasteiger partial charge in [-0.05, 0) is 30.7 Å². The van der Waals surface area contributed by atoms with E-state index in [-0.39, 0.29) is 5.91 Å². The van der Waals surface area contributed by atoms with Crippen LogP contribution in [-0.4, -0.2) is 22.3 Å². The number of hydrogen-bond donors (Lipinski definition) is 0. The first kappa shape index (κ1) is 17.8. The van der Waals surface area contributed by atoms with Crippen LogP contribution in [0.25, 0.3) is 0 Å². The quantitative estimate of drug-likeness (QED) is 0.701. The van der Waals surface area contributed by atoms with Crippen LogP contribution in [0.15, 0.2) is 29.6 Å². The van der Waals surface area contributed by atoms with E-state index >= 15 is 0 Å². The van der Waals surface area contributed by atoms with Gasteiger partial charge in [-0.3, -0.25) is 4.79 Å². The van der Waals surface area contributed by atoms with E-state index in [4.69, 9.17) is 16.3 Å². The Morgan fingerprint density at radius 3 is 2.70 bits per heavy atom. The third-order valence-electron chi connectivity index (χ3n) is 3.28. The number of rotatable bonds is 8. The summed E-state index contributed by atoms with van der Waals surface area (Å²) < 4.78 is 5.69. The third-order valence-corrected chi connectivity index (χ3v) is 4.40. The highest BCUT2D eigenvalue weighted by atomic mass is 35.5. The molecule has 0 fully saturated rings. The maximum atomic E-state index is 11.9. The average molecular weight is 353 g/mol. The van der Waals surface area contributed by atoms with E-state index in [1.807, 2.05) is 29.3 Å². The predicted octanol–water partition coefficient (Wildman–Crippen LogP) is 4.52. The normalized spacial score (nSPS) is 10.6. The van der Waals surface area contributed by atoms with Gasteiger partial charge in [0.05, 0.1) is 12.2 Å². The SMILES string of the molecule is CCCN(Cc1csc(COc2ccc(Cl)cc2)n1)C(=O)CC. The summed E-state index contributed by atoms with van der Waals surface area (Å²) >= 11 is 7.40. The molecule has 2 aromatic rings. The Kier molecular flexibility index (Phi) is 6.86. The van der Waals surface area contributed by atoms with Crippen LogP contribution < -0.4 is 4.74 Å². The molecule has 0 N–H and O–H groups in total. The molecule has 0 aliphatic heterocycles. The Balaban J connectivity index is 1.91. The number of ether oxygens (including phenoxy) is 1. The molecule has 23 heavy (non-hydrogen) atoms. The van der Waals surface area contributed by atoms with Crippen molar-refractivity contribution in [2.75, 3.05) is 6.54 Å². The molecule has 0 saturated heterocycles. The van der Waals surface area contributed by atoms with Gasteiger partial charge in [0.1, 0.15) is 17.4 Å². The zero-order chi connectivity index (χ0) is 16.7. The van der Waals surface area contributed by atoms with Gasteiger partial charge < -0.3 is 9.64 Å². The van der Waals surface area contributed by atoms with Crippen LogP contribution >= 0.6 is 22.9 Å². The topological polar surface area (TPSA) is 42.4 Å². The number of benzene rings is 1. The molecule has 1 aromatic carbocycles. The largest absolute Gasteiger partial charge is 0.486 e. The first-order chi connectivity index (χ1) is 11.1. The van der Waals surface area contributed by atoms with Crippen LogP contribution in [-0.2, 0) is 17.9 Å². The van der Waals surface area contributed by atoms with E-state index in [0.29, 0.717) is 24.6 Å². The molecule has 124 valence electrons. The van der Waals surface area contributed by atoms with E-state index in [0.717, 1.165) is 29.4 Å². The lowest BCUT2D eigenvalue weighted by Crippen LogP contribution is -2.30. The highest BCUT2D eigenvalue weighted by molar-refractivity contribution is 7.09. The van der Waals surface area contributed by atoms with Crippen LogP contribution in [0.1, 0.15) is 37.4 Å². The molecule has 0 radical (unpaired) electrons. The zero-order valence-electron chi connectivity index (χ0n) is 13.4. The monoisotopic (exact) mass is 352 g/mol. The Morgan fingerprint density at radius 2 is 2.04 bits per heavy atom. The molecular formula is C17H21ClN2O2S. The van der Waals surface area contributed by atoms with Gasteiger partial charge in [-0.2, -0.15) is 0 Å². The van der Waals surface area contributed by atoms with Crippen molar-refractivity contribution < 1.29 is 9.53 Å². The van der Waals surface area contributed by atoms with Crippen molar-refractivity contribution in [2.24, 2.45) is 0 Å². The number of carbonyl (C=O) groups is 1. The molecule has 1 amide bonds. The Labute approximate surface area is 146 Å². The van der Waals surface area contributed by atoms with Crippen molar-refractivity contribution in [3.05, 3.63) is 45.4 Å². The molecule has 4 nitrogen and oxygen atoms in total. The van der Waals surface area contributed by atoms with Crippen LogP contribution in [0, 0.1) is 0 Å². The van der Waals surface area contributed by atoms with Gasteiger partial charge in [0.25, 0.3) is 0 Å². The number of aromatic nitrogens is 1. The summed E-state index contributed by atoms with van der Waals surface area (Å²) in [6.45, 7) is 5.71. The van der Waals surface area contributed by atoms with Crippen LogP contribution in [0.4, 0.5) is 0 Å². The molecule has 0 aliphatic carbocycles. The van der Waals surface area contributed by atoms with Crippen molar-refractivity contribution >= 4 is 28.8 Å². The van der Waals surface area contributed by atoms with Crippen molar-refractivity contribution in [3.63, 3.8) is 0 Å². The lowest BCUT2D eigenvalue weighted by molar-refractivity contribution is -0.131. The molecule has 0 atom stereocenters. The second kappa shape index (κ2) is 8.89. The fourth-order valence-corrected chi connectivity index (χ4v) is 2.97. The summed E-state index contributed by atoms with van der Waals surface area (Å²) in [6, 6.07) is 7.26. The minimum atomic E-state index is 0.166. The summed E-state index contributed by atoms with van der Waals surface area (Å²) in [7, 11) is 0. The summed E-state index contributed by atoms with van der Waals surface area (Å²) in [5.41, 5.74) is 0.917. The van der Waals surface area contributed by atoms with Gasteiger partial charge >= 0.3 is 0 Å². The summed E-state index contributed by atoms with van der Waals surface area (Å²) in [4.78, 5) is 18.3. The summed E-state index contributed by atoms with van der Waals surface area (Å²) in [5, 5.41) is 3.58. The molecule has 0 spiro atoms. The number of nitrogens with zero attached hydrogens (tertiary/aromatic N) is 2. The molecule has 6 heteroatoms. The Hall–Kier alpha value is -1.59. The molecule has 0 aliphatic rings. The number of carbonyl (C=O) groups excluding carboxylic acids is 1. The van der Waals surface area contributed by atoms with Crippen LogP contribution in [0.2, 0.25) is 5.02 Å². The Bertz CT molecular complexity index is 628. The fourth-order valence-electron chi connectivity index (χ4n) is 2.14. The number of amides is 1. The average Bonchev–Trinajstić information content (AvgIpc) is 3.01. The molecule has 0 unspecified atom stereocenters. The molecule has 0 saturated carbocycles. The first-order valence-corrected chi connectivity index (χ1v) is 8.97. The van der Waals surface area contributed by atoms with Gasteiger partial charge in [0.15, 0.2) is 0 Å². The maximum Gasteiger partial charge on any atom is 0.222 e. The number of thiazole rings is 1. The smallest absolute Gasteiger partial charge is 0.222 e. The third kappa shape index (κ3) is 5.52. The second-order valence-corrected chi connectivity index (χ2v) is 6.52. The number of halogens is 1. The lowest BCUT2D eigenvalue weighted by Gasteiger charge is -2.20. The van der Waals surface area contributed by atoms with Crippen molar-refractivity contribution in [3.8, 4) is 5.75 Å². The predicted molar refractivity (Wildman–Crippen MR) is 93.9 cm³/mol. The van der Waals surface area contributed by atoms with Gasteiger partial charge in [-0.15, -0.1) is 11.3 Å². The van der Waals surface area contributed by atoms with Gasteiger partial charge in [0.2, 0.25) is 5.91 Å². The second-order valence-electron chi connectivity index (χ2n) is 5.14. The molecule has 0 bridgehead atoms. The maximum absolute atomic E-state index is 11.9. The van der Waals surface area contributed by atoms with Crippen molar-refractivity contribution in [2.45, 2.75) is 39.8 Å². The Morgan fingerprint density at radius 1 is 1.30 bits per heavy atom. The lowest BCUT2D eigenvalue weighted by atomic mass is 10.3. The number of hydrogen-bond acceptors (Lipinski definition) is 4. The minimum absolute atomic E-state index is 0.166. The minimum Gasteiger partial charge on any atom is -0.486 e. The molecular weight excluding hydrogens is 332 g/mol. The standard InChI is InChI=1S/C17H21ClN2O2S/c1-3-9-20(17(21)4-2)10-14-12-23-16(19-14)11-22-15-7-5-13(18)6-8-15/h5-8,12H,3-4,9-11H2,1-2H3. The van der Waals surface area contributed by atoms with E-state index in [2.05, 4.69) is 11.9 Å². The van der Waals surface area contributed by atoms with E-state index < -0.39 is 0 Å². The van der Waals surface area contributed by atoms with E-state index in [1.165, 1.54) is 0 Å². The highest BCUT2D eigenvalue weighted by Gasteiger charge is 2.13. The highest BCUT2D eigenvalue weighted by Crippen LogP contribution is 2.19. The molecule has 1 heterocycles. The van der Waals surface area contributed by atoms with Crippen molar-refractivity contribution in [1.82, 2.24) is 9.88 Å². The van der Waals surface area contributed by atoms with E-state index in [9.17, 15) is 4.79 Å². The first-order valence-electron chi connectivity index (χ1n) is 7.71. The zero-order valence-corrected chi connectivity index (χ0v) is 15.0. The molecule has 1 aromatic heterocycles. The van der Waals surface area contributed by atoms with Crippen LogP contribution in [0.3, 0.4) is 0 Å². The summed E-state index contributed by atoms with van der Waals surface area (Å²) in [6.07, 6.45) is 1.47. The van der Waals surface area contributed by atoms with Crippen LogP contribution in [0.5, 0.6) is 5.75 Å². The van der Waals surface area contributed by atoms with E-state index in [1.54, 1.807) is 23.5 Å². The van der Waals surface area contributed by atoms with Crippen molar-refractivity contribution in [1.29, 1.82) is 0 Å². The van der Waals surface area contributed by atoms with Gasteiger partial charge in [-0.25, -0.2) is 4.98 Å². The summed E-state index contributed by atoms with van der Waals surface area (Å²) in [5.74, 6) is 0.929. The van der Waals surface area contributed by atoms with Gasteiger partial charge in [0, 0.05) is 23.4 Å². The fraction of sp³-hybridized carbons (Fsp3) is 0.412. The van der Waals surface area contributed by atoms with Gasteiger partial charge in [-0.1, -0.05) is 25.4 Å². The molecule has 2 rings (SSSR count).